The molecule has 0 saturated carbocycles. The standard InChI is InChI=1S/C6H12NO3/c8-4-1-7(2-5-9)3-6-10/h8-9H,1-5H2. The predicted molar refractivity (Wildman–Crippen MR) is 36.3 cm³/mol. The summed E-state index contributed by atoms with van der Waals surface area (Å²) in [7, 11) is 0. The number of rotatable bonds is 6. The minimum atomic E-state index is 0.00167. The fraction of sp³-hybridized carbons (Fsp3) is 0.833. The van der Waals surface area contributed by atoms with E-state index in [-0.39, 0.29) is 19.8 Å². The van der Waals surface area contributed by atoms with Crippen molar-refractivity contribution in [3.05, 3.63) is 0 Å². The van der Waals surface area contributed by atoms with Gasteiger partial charge in [-0.15, -0.1) is 0 Å². The van der Waals surface area contributed by atoms with Crippen molar-refractivity contribution in [1.82, 2.24) is 4.90 Å². The molecule has 0 aliphatic rings. The molecule has 10 heavy (non-hydrogen) atoms. The number of carbonyl (C=O) groups excluding carboxylic acids is 1. The first-order chi connectivity index (χ1) is 4.85. The Kier molecular flexibility index (Phi) is 6.37. The van der Waals surface area contributed by atoms with Crippen LogP contribution < -0.4 is 0 Å². The van der Waals surface area contributed by atoms with Gasteiger partial charge in [-0.3, -0.25) is 9.69 Å². The van der Waals surface area contributed by atoms with Gasteiger partial charge in [0, 0.05) is 13.1 Å². The zero-order valence-electron chi connectivity index (χ0n) is 5.79. The molecule has 0 spiro atoms. The number of aliphatic hydroxyl groups is 2. The van der Waals surface area contributed by atoms with Gasteiger partial charge >= 0.3 is 0 Å². The Bertz CT molecular complexity index is 81.1. The third-order valence-corrected chi connectivity index (χ3v) is 1.12. The normalized spacial score (nSPS) is 10.3. The largest absolute Gasteiger partial charge is 0.395 e. The molecule has 1 radical (unpaired) electrons. The number of hydrogen-bond donors (Lipinski definition) is 2. The van der Waals surface area contributed by atoms with E-state index in [9.17, 15) is 4.79 Å². The molecule has 0 aromatic carbocycles. The van der Waals surface area contributed by atoms with Crippen LogP contribution in [0.15, 0.2) is 0 Å². The second-order valence-electron chi connectivity index (χ2n) is 1.87. The molecule has 0 aliphatic carbocycles. The van der Waals surface area contributed by atoms with Crippen molar-refractivity contribution in [2.45, 2.75) is 0 Å². The zero-order chi connectivity index (χ0) is 7.82. The molecule has 0 bridgehead atoms. The highest BCUT2D eigenvalue weighted by atomic mass is 16.3. The molecule has 0 unspecified atom stereocenters. The lowest BCUT2D eigenvalue weighted by Gasteiger charge is -2.15. The number of hydrogen-bond acceptors (Lipinski definition) is 4. The van der Waals surface area contributed by atoms with Crippen molar-refractivity contribution >= 4 is 6.29 Å². The van der Waals surface area contributed by atoms with Crippen LogP contribution >= 0.6 is 0 Å². The molecule has 0 aliphatic heterocycles. The molecule has 0 amide bonds. The maximum atomic E-state index is 9.83. The first-order valence-corrected chi connectivity index (χ1v) is 3.14. The summed E-state index contributed by atoms with van der Waals surface area (Å²) in [5, 5.41) is 16.9. The highest BCUT2D eigenvalue weighted by Crippen LogP contribution is 1.82. The second-order valence-corrected chi connectivity index (χ2v) is 1.87. The van der Waals surface area contributed by atoms with E-state index in [1.165, 1.54) is 0 Å². The molecule has 0 fully saturated rings. The third kappa shape index (κ3) is 4.43. The molecular weight excluding hydrogens is 134 g/mol. The average Bonchev–Trinajstić information content (AvgIpc) is 1.90. The maximum absolute atomic E-state index is 9.83. The van der Waals surface area contributed by atoms with E-state index >= 15 is 0 Å². The fourth-order valence-electron chi connectivity index (χ4n) is 0.644. The van der Waals surface area contributed by atoms with Crippen LogP contribution in [0.5, 0.6) is 0 Å². The van der Waals surface area contributed by atoms with Crippen molar-refractivity contribution in [1.29, 1.82) is 0 Å². The third-order valence-electron chi connectivity index (χ3n) is 1.12. The summed E-state index contributed by atoms with van der Waals surface area (Å²) < 4.78 is 0. The number of nitrogens with zero attached hydrogens (tertiary/aromatic N) is 1. The predicted octanol–water partition coefficient (Wildman–Crippen LogP) is -1.62. The van der Waals surface area contributed by atoms with Crippen molar-refractivity contribution in [2.24, 2.45) is 0 Å². The van der Waals surface area contributed by atoms with E-state index in [2.05, 4.69) is 0 Å². The molecule has 0 saturated heterocycles. The van der Waals surface area contributed by atoms with E-state index in [1.54, 1.807) is 11.2 Å². The zero-order valence-corrected chi connectivity index (χ0v) is 5.79. The fourth-order valence-corrected chi connectivity index (χ4v) is 0.644. The SMILES string of the molecule is O=[C]CN(CCO)CCO. The van der Waals surface area contributed by atoms with Crippen LogP contribution in [0.3, 0.4) is 0 Å². The molecule has 0 heterocycles. The van der Waals surface area contributed by atoms with E-state index in [0.29, 0.717) is 13.1 Å². The van der Waals surface area contributed by atoms with Gasteiger partial charge in [-0.05, 0) is 0 Å². The van der Waals surface area contributed by atoms with Gasteiger partial charge in [-0.25, -0.2) is 0 Å². The van der Waals surface area contributed by atoms with Crippen LogP contribution in [-0.2, 0) is 4.79 Å². The Morgan fingerprint density at radius 1 is 1.20 bits per heavy atom. The Balaban J connectivity index is 3.38. The summed E-state index contributed by atoms with van der Waals surface area (Å²) in [6.07, 6.45) is 1.69. The quantitative estimate of drug-likeness (QED) is 0.473. The summed E-state index contributed by atoms with van der Waals surface area (Å²) in [4.78, 5) is 11.5. The molecule has 2 N–H and O–H groups in total. The lowest BCUT2D eigenvalue weighted by atomic mass is 10.5. The van der Waals surface area contributed by atoms with Gasteiger partial charge < -0.3 is 10.2 Å². The van der Waals surface area contributed by atoms with Gasteiger partial charge in [0.2, 0.25) is 6.29 Å². The first-order valence-electron chi connectivity index (χ1n) is 3.14. The highest BCUT2D eigenvalue weighted by Gasteiger charge is 2.00. The van der Waals surface area contributed by atoms with Gasteiger partial charge in [0.1, 0.15) is 0 Å². The van der Waals surface area contributed by atoms with Gasteiger partial charge in [-0.2, -0.15) is 0 Å². The van der Waals surface area contributed by atoms with Crippen LogP contribution in [-0.4, -0.2) is 54.2 Å². The minimum Gasteiger partial charge on any atom is -0.395 e. The average molecular weight is 146 g/mol. The maximum Gasteiger partial charge on any atom is 0.213 e. The summed E-state index contributed by atoms with van der Waals surface area (Å²) in [5.74, 6) is 0. The summed E-state index contributed by atoms with van der Waals surface area (Å²) in [6, 6.07) is 0. The van der Waals surface area contributed by atoms with Crippen molar-refractivity contribution in [2.75, 3.05) is 32.8 Å². The van der Waals surface area contributed by atoms with Crippen molar-refractivity contribution in [3.63, 3.8) is 0 Å². The molecule has 0 aromatic heterocycles. The Morgan fingerprint density at radius 2 is 1.70 bits per heavy atom. The van der Waals surface area contributed by atoms with Crippen LogP contribution in [0.4, 0.5) is 0 Å². The Labute approximate surface area is 60.1 Å². The molecule has 4 nitrogen and oxygen atoms in total. The second kappa shape index (κ2) is 6.67. The van der Waals surface area contributed by atoms with Crippen LogP contribution in [0.25, 0.3) is 0 Å². The molecule has 0 atom stereocenters. The smallest absolute Gasteiger partial charge is 0.213 e. The molecular formula is C6H12NO3. The van der Waals surface area contributed by atoms with Gasteiger partial charge in [-0.1, -0.05) is 0 Å². The van der Waals surface area contributed by atoms with E-state index in [0.717, 1.165) is 0 Å². The number of aliphatic hydroxyl groups excluding tert-OH is 2. The van der Waals surface area contributed by atoms with Crippen molar-refractivity contribution < 1.29 is 15.0 Å². The van der Waals surface area contributed by atoms with Gasteiger partial charge in [0.15, 0.2) is 0 Å². The van der Waals surface area contributed by atoms with Crippen LogP contribution in [0.1, 0.15) is 0 Å². The van der Waals surface area contributed by atoms with Gasteiger partial charge in [0.05, 0.1) is 19.8 Å². The molecule has 4 heteroatoms. The van der Waals surface area contributed by atoms with E-state index < -0.39 is 0 Å². The molecule has 0 aromatic rings. The highest BCUT2D eigenvalue weighted by molar-refractivity contribution is 5.52. The molecule has 0 rings (SSSR count). The van der Waals surface area contributed by atoms with Crippen LogP contribution in [0, 0.1) is 0 Å². The topological polar surface area (TPSA) is 60.8 Å². The first kappa shape index (κ1) is 9.55. The van der Waals surface area contributed by atoms with Gasteiger partial charge in [0.25, 0.3) is 0 Å². The van der Waals surface area contributed by atoms with E-state index in [1.807, 2.05) is 0 Å². The van der Waals surface area contributed by atoms with Crippen LogP contribution in [0.2, 0.25) is 0 Å². The summed E-state index contributed by atoms with van der Waals surface area (Å²) in [6.45, 7) is 0.982. The van der Waals surface area contributed by atoms with E-state index in [4.69, 9.17) is 10.2 Å². The monoisotopic (exact) mass is 146 g/mol. The van der Waals surface area contributed by atoms with Crippen molar-refractivity contribution in [3.8, 4) is 0 Å². The summed E-state index contributed by atoms with van der Waals surface area (Å²) >= 11 is 0. The minimum absolute atomic E-state index is 0.00167. The lowest BCUT2D eigenvalue weighted by Crippen LogP contribution is -2.31. The summed E-state index contributed by atoms with van der Waals surface area (Å²) in [5.41, 5.74) is 0. The Hall–Kier alpha value is -0.450. The lowest BCUT2D eigenvalue weighted by molar-refractivity contribution is 0.174. The molecule has 59 valence electrons. The Morgan fingerprint density at radius 3 is 2.00 bits per heavy atom.